The molecule has 2 aromatic heterocycles. The molecule has 0 spiro atoms. The highest BCUT2D eigenvalue weighted by Crippen LogP contribution is 2.38. The molecule has 1 atom stereocenters. The van der Waals surface area contributed by atoms with Crippen molar-refractivity contribution < 1.29 is 23.5 Å². The third kappa shape index (κ3) is 4.41. The number of carbonyl (C=O) groups excluding carboxylic acids is 2. The van der Waals surface area contributed by atoms with Crippen LogP contribution in [0.2, 0.25) is 0 Å². The monoisotopic (exact) mass is 446 g/mol. The predicted molar refractivity (Wildman–Crippen MR) is 123 cm³/mol. The average Bonchev–Trinajstić information content (AvgIpc) is 3.35. The van der Waals surface area contributed by atoms with Crippen LogP contribution < -0.4 is 0 Å². The van der Waals surface area contributed by atoms with Gasteiger partial charge in [0.1, 0.15) is 5.76 Å². The van der Waals surface area contributed by atoms with Crippen molar-refractivity contribution in [3.8, 4) is 0 Å². The van der Waals surface area contributed by atoms with Crippen LogP contribution in [0.25, 0.3) is 22.6 Å². The summed E-state index contributed by atoms with van der Waals surface area (Å²) in [5.41, 5.74) is 3.93. The first-order chi connectivity index (χ1) is 16.1. The number of allylic oxidation sites excluding steroid dienone is 1. The van der Waals surface area contributed by atoms with E-state index in [1.165, 1.54) is 0 Å². The van der Waals surface area contributed by atoms with Gasteiger partial charge in [0.15, 0.2) is 6.61 Å². The molecule has 0 radical (unpaired) electrons. The lowest BCUT2D eigenvalue weighted by molar-refractivity contribution is -0.138. The predicted octanol–water partition coefficient (Wildman–Crippen LogP) is 3.97. The Hall–Kier alpha value is -3.45. The molecule has 1 fully saturated rings. The quantitative estimate of drug-likeness (QED) is 0.564. The van der Waals surface area contributed by atoms with Gasteiger partial charge in [-0.05, 0) is 54.2 Å². The molecule has 7 nitrogen and oxygen atoms in total. The van der Waals surface area contributed by atoms with Gasteiger partial charge in [-0.25, -0.2) is 9.78 Å². The number of furan rings is 1. The van der Waals surface area contributed by atoms with Crippen molar-refractivity contribution in [1.82, 2.24) is 9.88 Å². The van der Waals surface area contributed by atoms with Crippen LogP contribution in [0.5, 0.6) is 0 Å². The van der Waals surface area contributed by atoms with Crippen LogP contribution in [-0.2, 0) is 20.7 Å². The van der Waals surface area contributed by atoms with Gasteiger partial charge >= 0.3 is 5.97 Å². The number of morpholine rings is 1. The molecule has 0 saturated carbocycles. The lowest BCUT2D eigenvalue weighted by atomic mass is 9.81. The minimum Gasteiger partial charge on any atom is -0.465 e. The van der Waals surface area contributed by atoms with E-state index in [-0.39, 0.29) is 12.5 Å². The third-order valence-corrected chi connectivity index (χ3v) is 6.17. The molecule has 1 aromatic carbocycles. The Kier molecular flexibility index (Phi) is 5.96. The molecule has 2 aliphatic rings. The van der Waals surface area contributed by atoms with Crippen molar-refractivity contribution in [2.24, 2.45) is 5.92 Å². The fraction of sp³-hybridized carbons (Fsp3) is 0.346. The van der Waals surface area contributed by atoms with E-state index in [4.69, 9.17) is 18.9 Å². The maximum atomic E-state index is 13.4. The van der Waals surface area contributed by atoms with Gasteiger partial charge < -0.3 is 18.8 Å². The van der Waals surface area contributed by atoms with E-state index in [0.29, 0.717) is 44.2 Å². The van der Waals surface area contributed by atoms with E-state index in [2.05, 4.69) is 6.92 Å². The second-order valence-electron chi connectivity index (χ2n) is 8.60. The molecule has 1 unspecified atom stereocenters. The number of aromatic nitrogens is 1. The molecule has 3 aromatic rings. The summed E-state index contributed by atoms with van der Waals surface area (Å²) in [4.78, 5) is 32.5. The number of hydrogen-bond acceptors (Lipinski definition) is 6. The van der Waals surface area contributed by atoms with Crippen LogP contribution in [0.4, 0.5) is 0 Å². The van der Waals surface area contributed by atoms with Crippen LogP contribution in [0.15, 0.2) is 47.1 Å². The largest absolute Gasteiger partial charge is 0.465 e. The van der Waals surface area contributed by atoms with Crippen molar-refractivity contribution >= 4 is 34.4 Å². The highest BCUT2D eigenvalue weighted by Gasteiger charge is 2.29. The van der Waals surface area contributed by atoms with Crippen LogP contribution in [0.3, 0.4) is 0 Å². The number of carbonyl (C=O) groups is 2. The summed E-state index contributed by atoms with van der Waals surface area (Å²) >= 11 is 0. The molecule has 7 heteroatoms. The number of amides is 1. The maximum absolute atomic E-state index is 13.4. The van der Waals surface area contributed by atoms with Crippen LogP contribution in [-0.4, -0.2) is 54.7 Å². The minimum absolute atomic E-state index is 0.203. The molecule has 1 aliphatic heterocycles. The molecule has 3 heterocycles. The molecule has 1 saturated heterocycles. The Labute approximate surface area is 192 Å². The first-order valence-corrected chi connectivity index (χ1v) is 11.3. The molecular weight excluding hydrogens is 420 g/mol. The Balaban J connectivity index is 1.52. The van der Waals surface area contributed by atoms with Crippen molar-refractivity contribution in [3.05, 3.63) is 65.2 Å². The van der Waals surface area contributed by atoms with E-state index in [9.17, 15) is 9.59 Å². The lowest BCUT2D eigenvalue weighted by Crippen LogP contribution is -2.42. The average molecular weight is 447 g/mol. The Morgan fingerprint density at radius 1 is 1.15 bits per heavy atom. The second kappa shape index (κ2) is 9.19. The highest BCUT2D eigenvalue weighted by atomic mass is 16.5. The summed E-state index contributed by atoms with van der Waals surface area (Å²) in [6.45, 7) is 3.92. The molecule has 0 N–H and O–H groups in total. The van der Waals surface area contributed by atoms with Crippen molar-refractivity contribution in [2.75, 3.05) is 32.9 Å². The number of hydrogen-bond donors (Lipinski definition) is 0. The standard InChI is InChI=1S/C26H26N2O5/c1-17-13-18(15-19-5-4-10-32-19)25-21(14-17)24(20-6-2-3-7-22(20)27-25)26(30)33-16-23(29)28-8-11-31-12-9-28/h2-7,10,15,17H,8-9,11-14,16H2,1H3/b18-15-. The van der Waals surface area contributed by atoms with Crippen LogP contribution in [0, 0.1) is 5.92 Å². The maximum Gasteiger partial charge on any atom is 0.339 e. The van der Waals surface area contributed by atoms with Gasteiger partial charge in [0.25, 0.3) is 5.91 Å². The highest BCUT2D eigenvalue weighted by molar-refractivity contribution is 6.07. The number of nitrogens with zero attached hydrogens (tertiary/aromatic N) is 2. The molecule has 5 rings (SSSR count). The summed E-state index contributed by atoms with van der Waals surface area (Å²) in [6.07, 6.45) is 5.18. The number of ether oxygens (including phenoxy) is 2. The fourth-order valence-corrected chi connectivity index (χ4v) is 4.62. The van der Waals surface area contributed by atoms with Gasteiger partial charge in [0, 0.05) is 18.5 Å². The second-order valence-corrected chi connectivity index (χ2v) is 8.60. The lowest BCUT2D eigenvalue weighted by Gasteiger charge is -2.27. The van der Waals surface area contributed by atoms with Gasteiger partial charge in [-0.2, -0.15) is 0 Å². The smallest absolute Gasteiger partial charge is 0.339 e. The van der Waals surface area contributed by atoms with Gasteiger partial charge in [0.05, 0.1) is 36.3 Å². The third-order valence-electron chi connectivity index (χ3n) is 6.17. The first-order valence-electron chi connectivity index (χ1n) is 11.3. The normalized spacial score (nSPS) is 19.5. The Bertz CT molecular complexity index is 1210. The minimum atomic E-state index is -0.488. The van der Waals surface area contributed by atoms with Crippen LogP contribution in [0.1, 0.15) is 40.7 Å². The molecule has 33 heavy (non-hydrogen) atoms. The number of rotatable bonds is 4. The van der Waals surface area contributed by atoms with E-state index in [1.807, 2.05) is 42.5 Å². The van der Waals surface area contributed by atoms with E-state index in [1.54, 1.807) is 11.2 Å². The van der Waals surface area contributed by atoms with Gasteiger partial charge in [-0.1, -0.05) is 25.1 Å². The Morgan fingerprint density at radius 3 is 2.76 bits per heavy atom. The van der Waals surface area contributed by atoms with E-state index < -0.39 is 5.97 Å². The summed E-state index contributed by atoms with van der Waals surface area (Å²) in [7, 11) is 0. The van der Waals surface area contributed by atoms with Crippen LogP contribution >= 0.6 is 0 Å². The summed E-state index contributed by atoms with van der Waals surface area (Å²) in [5, 5.41) is 0.742. The molecule has 0 bridgehead atoms. The summed E-state index contributed by atoms with van der Waals surface area (Å²) < 4.78 is 16.4. The van der Waals surface area contributed by atoms with Gasteiger partial charge in [-0.3, -0.25) is 4.79 Å². The van der Waals surface area contributed by atoms with E-state index in [0.717, 1.165) is 39.9 Å². The zero-order valence-electron chi connectivity index (χ0n) is 18.6. The van der Waals surface area contributed by atoms with Gasteiger partial charge in [-0.15, -0.1) is 0 Å². The molecule has 1 amide bonds. The summed E-state index contributed by atoms with van der Waals surface area (Å²) in [5.74, 6) is 0.381. The number of fused-ring (bicyclic) bond motifs is 2. The number of pyridine rings is 1. The molecule has 170 valence electrons. The zero-order valence-corrected chi connectivity index (χ0v) is 18.6. The van der Waals surface area contributed by atoms with Gasteiger partial charge in [0.2, 0.25) is 0 Å². The first kappa shape index (κ1) is 21.4. The molecule has 1 aliphatic carbocycles. The number of esters is 1. The SMILES string of the molecule is CC1C/C(=C/c2ccco2)c2nc3ccccc3c(C(=O)OCC(=O)N3CCOCC3)c2C1. The fourth-order valence-electron chi connectivity index (χ4n) is 4.62. The van der Waals surface area contributed by atoms with Crippen molar-refractivity contribution in [3.63, 3.8) is 0 Å². The van der Waals surface area contributed by atoms with Crippen molar-refractivity contribution in [1.29, 1.82) is 0 Å². The number of benzene rings is 1. The molecular formula is C26H26N2O5. The Morgan fingerprint density at radius 2 is 1.97 bits per heavy atom. The van der Waals surface area contributed by atoms with E-state index >= 15 is 0 Å². The zero-order chi connectivity index (χ0) is 22.8. The topological polar surface area (TPSA) is 81.9 Å². The number of para-hydroxylation sites is 1. The summed E-state index contributed by atoms with van der Waals surface area (Å²) in [6, 6.07) is 11.3. The van der Waals surface area contributed by atoms with Crippen molar-refractivity contribution in [2.45, 2.75) is 19.8 Å².